The Labute approximate surface area is 161 Å². The molecule has 0 atom stereocenters. The van der Waals surface area contributed by atoms with Crippen molar-refractivity contribution in [1.29, 1.82) is 0 Å². The molecule has 10 heteroatoms. The van der Waals surface area contributed by atoms with Crippen LogP contribution < -0.4 is 10.2 Å². The van der Waals surface area contributed by atoms with Gasteiger partial charge in [-0.3, -0.25) is 10.1 Å². The number of halogens is 3. The van der Waals surface area contributed by atoms with Crippen LogP contribution in [0.1, 0.15) is 10.4 Å². The molecule has 1 aromatic heterocycles. The molecule has 0 spiro atoms. The third-order valence-corrected chi connectivity index (χ3v) is 4.62. The fourth-order valence-electron chi connectivity index (χ4n) is 2.31. The van der Waals surface area contributed by atoms with E-state index < -0.39 is 41.5 Å². The highest BCUT2D eigenvalue weighted by atomic mass is 32.1. The highest BCUT2D eigenvalue weighted by Crippen LogP contribution is 2.30. The van der Waals surface area contributed by atoms with E-state index in [1.54, 1.807) is 29.2 Å². The van der Waals surface area contributed by atoms with Crippen molar-refractivity contribution in [2.75, 3.05) is 30.9 Å². The molecule has 1 N–H and O–H groups in total. The molecule has 28 heavy (non-hydrogen) atoms. The second kappa shape index (κ2) is 7.85. The number of rotatable bonds is 5. The van der Waals surface area contributed by atoms with E-state index >= 15 is 0 Å². The Balaban J connectivity index is 1.64. The van der Waals surface area contributed by atoms with Gasteiger partial charge in [0.05, 0.1) is 10.3 Å². The maximum absolute atomic E-state index is 13.7. The highest BCUT2D eigenvalue weighted by molar-refractivity contribution is 7.22. The van der Waals surface area contributed by atoms with E-state index in [0.29, 0.717) is 0 Å². The molecule has 3 rings (SSSR count). The molecule has 0 fully saturated rings. The van der Waals surface area contributed by atoms with Gasteiger partial charge in [-0.1, -0.05) is 17.4 Å². The number of ether oxygens (including phenoxy) is 1. The Morgan fingerprint density at radius 3 is 2.64 bits per heavy atom. The zero-order chi connectivity index (χ0) is 20.4. The lowest BCUT2D eigenvalue weighted by atomic mass is 10.2. The summed E-state index contributed by atoms with van der Waals surface area (Å²) in [7, 11) is 3.63. The van der Waals surface area contributed by atoms with E-state index in [1.807, 2.05) is 14.1 Å². The van der Waals surface area contributed by atoms with E-state index in [-0.39, 0.29) is 15.4 Å². The molecule has 6 nitrogen and oxygen atoms in total. The van der Waals surface area contributed by atoms with Crippen molar-refractivity contribution >= 4 is 44.2 Å². The number of carbonyl (C=O) groups is 2. The predicted octanol–water partition coefficient (Wildman–Crippen LogP) is 3.58. The standard InChI is InChI=1S/C18H14F3N3O3S/c1-24(2)10-5-3-4-9(6-10)17(26)27-8-13(25)22-18-23-16-12(28-18)7-11(19)14(20)15(16)21/h3-7H,8H2,1-2H3,(H,22,23,25). The number of anilines is 2. The Hall–Kier alpha value is -3.14. The highest BCUT2D eigenvalue weighted by Gasteiger charge is 2.19. The van der Waals surface area contributed by atoms with Crippen molar-refractivity contribution in [2.24, 2.45) is 0 Å². The largest absolute Gasteiger partial charge is 0.452 e. The number of hydrogen-bond donors (Lipinski definition) is 1. The molecule has 146 valence electrons. The van der Waals surface area contributed by atoms with E-state index in [0.717, 1.165) is 23.1 Å². The quantitative estimate of drug-likeness (QED) is 0.515. The first kappa shape index (κ1) is 19.6. The molecule has 2 aromatic carbocycles. The van der Waals surface area contributed by atoms with Crippen LogP contribution in [0.5, 0.6) is 0 Å². The molecule has 0 unspecified atom stereocenters. The van der Waals surface area contributed by atoms with Gasteiger partial charge >= 0.3 is 5.97 Å². The monoisotopic (exact) mass is 409 g/mol. The van der Waals surface area contributed by atoms with E-state index in [9.17, 15) is 22.8 Å². The second-order valence-electron chi connectivity index (χ2n) is 5.92. The van der Waals surface area contributed by atoms with Gasteiger partial charge in [0.15, 0.2) is 29.2 Å². The number of fused-ring (bicyclic) bond motifs is 1. The lowest BCUT2D eigenvalue weighted by Gasteiger charge is -2.13. The summed E-state index contributed by atoms with van der Waals surface area (Å²) in [5.41, 5.74) is 0.665. The summed E-state index contributed by atoms with van der Waals surface area (Å²) in [4.78, 5) is 29.6. The molecule has 0 saturated carbocycles. The predicted molar refractivity (Wildman–Crippen MR) is 99.2 cm³/mol. The van der Waals surface area contributed by atoms with Gasteiger partial charge in [0.1, 0.15) is 5.52 Å². The molecule has 1 amide bonds. The maximum Gasteiger partial charge on any atom is 0.338 e. The number of aromatic nitrogens is 1. The number of nitrogens with one attached hydrogen (secondary N) is 1. The van der Waals surface area contributed by atoms with Crippen molar-refractivity contribution in [2.45, 2.75) is 0 Å². The van der Waals surface area contributed by atoms with E-state index in [1.165, 1.54) is 0 Å². The smallest absolute Gasteiger partial charge is 0.338 e. The summed E-state index contributed by atoms with van der Waals surface area (Å²) < 4.78 is 45.2. The van der Waals surface area contributed by atoms with Crippen LogP contribution in [0.3, 0.4) is 0 Å². The first-order chi connectivity index (χ1) is 13.3. The van der Waals surface area contributed by atoms with E-state index in [4.69, 9.17) is 4.74 Å². The van der Waals surface area contributed by atoms with Crippen LogP contribution in [0.2, 0.25) is 0 Å². The third-order valence-electron chi connectivity index (χ3n) is 3.70. The van der Waals surface area contributed by atoms with Gasteiger partial charge in [-0.25, -0.2) is 22.9 Å². The lowest BCUT2D eigenvalue weighted by molar-refractivity contribution is -0.119. The minimum atomic E-state index is -1.63. The molecule has 0 aliphatic rings. The molecular weight excluding hydrogens is 395 g/mol. The zero-order valence-electron chi connectivity index (χ0n) is 14.8. The van der Waals surface area contributed by atoms with Gasteiger partial charge in [0.25, 0.3) is 5.91 Å². The number of thiazole rings is 1. The second-order valence-corrected chi connectivity index (χ2v) is 6.95. The Kier molecular flexibility index (Phi) is 5.50. The number of amides is 1. The van der Waals surface area contributed by atoms with Gasteiger partial charge in [0.2, 0.25) is 0 Å². The Morgan fingerprint density at radius 1 is 1.18 bits per heavy atom. The summed E-state index contributed by atoms with van der Waals surface area (Å²) in [6, 6.07) is 7.44. The SMILES string of the molecule is CN(C)c1cccc(C(=O)OCC(=O)Nc2nc3c(F)c(F)c(F)cc3s2)c1. The van der Waals surface area contributed by atoms with Gasteiger partial charge < -0.3 is 9.64 Å². The molecule has 0 aliphatic carbocycles. The summed E-state index contributed by atoms with van der Waals surface area (Å²) in [6.07, 6.45) is 0. The summed E-state index contributed by atoms with van der Waals surface area (Å²) in [5, 5.41) is 2.23. The number of benzene rings is 2. The van der Waals surface area contributed by atoms with Gasteiger partial charge in [-0.2, -0.15) is 0 Å². The third kappa shape index (κ3) is 4.06. The zero-order valence-corrected chi connectivity index (χ0v) is 15.6. The van der Waals surface area contributed by atoms with Gasteiger partial charge in [0, 0.05) is 19.8 Å². The minimum Gasteiger partial charge on any atom is -0.452 e. The van der Waals surface area contributed by atoms with Crippen molar-refractivity contribution in [3.63, 3.8) is 0 Å². The van der Waals surface area contributed by atoms with Crippen LogP contribution in [0.4, 0.5) is 24.0 Å². The van der Waals surface area contributed by atoms with Gasteiger partial charge in [-0.15, -0.1) is 0 Å². The lowest BCUT2D eigenvalue weighted by Crippen LogP contribution is -2.21. The van der Waals surface area contributed by atoms with Crippen molar-refractivity contribution in [1.82, 2.24) is 4.98 Å². The number of esters is 1. The number of nitrogens with zero attached hydrogens (tertiary/aromatic N) is 2. The van der Waals surface area contributed by atoms with Gasteiger partial charge in [-0.05, 0) is 24.3 Å². The summed E-state index contributed by atoms with van der Waals surface area (Å²) in [5.74, 6) is -5.83. The van der Waals surface area contributed by atoms with Crippen LogP contribution in [0.25, 0.3) is 10.2 Å². The fraction of sp³-hybridized carbons (Fsp3) is 0.167. The van der Waals surface area contributed by atoms with Crippen LogP contribution in [-0.2, 0) is 9.53 Å². The average Bonchev–Trinajstić information content (AvgIpc) is 3.06. The average molecular weight is 409 g/mol. The molecule has 0 aliphatic heterocycles. The van der Waals surface area contributed by atoms with Crippen molar-refractivity contribution in [3.05, 3.63) is 53.3 Å². The minimum absolute atomic E-state index is 0.0317. The molecule has 3 aromatic rings. The fourth-order valence-corrected chi connectivity index (χ4v) is 3.21. The molecule has 0 saturated heterocycles. The van der Waals surface area contributed by atoms with Crippen LogP contribution in [0.15, 0.2) is 30.3 Å². The van der Waals surface area contributed by atoms with Crippen LogP contribution in [-0.4, -0.2) is 37.6 Å². The van der Waals surface area contributed by atoms with Crippen LogP contribution in [0, 0.1) is 17.5 Å². The maximum atomic E-state index is 13.7. The normalized spacial score (nSPS) is 10.8. The molecule has 0 radical (unpaired) electrons. The van der Waals surface area contributed by atoms with E-state index in [2.05, 4.69) is 10.3 Å². The summed E-state index contributed by atoms with van der Waals surface area (Å²) in [6.45, 7) is -0.605. The first-order valence-corrected chi connectivity index (χ1v) is 8.76. The Morgan fingerprint density at radius 2 is 1.93 bits per heavy atom. The van der Waals surface area contributed by atoms with Crippen molar-refractivity contribution < 1.29 is 27.5 Å². The topological polar surface area (TPSA) is 71.5 Å². The number of hydrogen-bond acceptors (Lipinski definition) is 6. The molecule has 0 bridgehead atoms. The molecule has 1 heterocycles. The molecular formula is C18H14F3N3O3S. The van der Waals surface area contributed by atoms with Crippen molar-refractivity contribution in [3.8, 4) is 0 Å². The number of carbonyl (C=O) groups excluding carboxylic acids is 2. The Bertz CT molecular complexity index is 1070. The van der Waals surface area contributed by atoms with Crippen LogP contribution >= 0.6 is 11.3 Å². The first-order valence-electron chi connectivity index (χ1n) is 7.94. The summed E-state index contributed by atoms with van der Waals surface area (Å²) >= 11 is 0.763.